The molecule has 6 nitrogen and oxygen atoms in total. The molecule has 0 saturated carbocycles. The molecule has 0 atom stereocenters. The topological polar surface area (TPSA) is 78.0 Å². The van der Waals surface area contributed by atoms with Crippen LogP contribution in [0.15, 0.2) is 24.4 Å². The molecule has 0 bridgehead atoms. The maximum atomic E-state index is 5.50. The molecular formula is C11H15N5O. The number of nitrogens with one attached hydrogen (secondary N) is 1. The number of pyridine rings is 1. The van der Waals surface area contributed by atoms with Gasteiger partial charge in [-0.2, -0.15) is 5.10 Å². The zero-order valence-corrected chi connectivity index (χ0v) is 9.84. The summed E-state index contributed by atoms with van der Waals surface area (Å²) in [5.41, 5.74) is 7.31. The van der Waals surface area contributed by atoms with E-state index in [-0.39, 0.29) is 0 Å². The van der Waals surface area contributed by atoms with E-state index in [2.05, 4.69) is 15.4 Å². The van der Waals surface area contributed by atoms with Crippen LogP contribution in [0.25, 0.3) is 0 Å². The molecule has 0 aromatic carbocycles. The van der Waals surface area contributed by atoms with E-state index in [1.54, 1.807) is 24.1 Å². The summed E-state index contributed by atoms with van der Waals surface area (Å²) in [5.74, 6) is 1.24. The first-order valence-corrected chi connectivity index (χ1v) is 5.21. The van der Waals surface area contributed by atoms with E-state index in [1.165, 1.54) is 0 Å². The second-order valence-corrected chi connectivity index (χ2v) is 3.63. The van der Waals surface area contributed by atoms with Gasteiger partial charge in [-0.15, -0.1) is 0 Å². The number of methoxy groups -OCH3 is 1. The molecule has 6 heteroatoms. The standard InChI is InChI=1S/C11H15N5O/c1-16-11(17-2)5-9(15-16)7-13-8-3-4-10(12)14-6-8/h3-6,13H,7H2,1-2H3,(H2,12,14). The Kier molecular flexibility index (Phi) is 3.13. The van der Waals surface area contributed by atoms with E-state index < -0.39 is 0 Å². The van der Waals surface area contributed by atoms with Gasteiger partial charge in [0, 0.05) is 13.1 Å². The normalized spacial score (nSPS) is 10.2. The van der Waals surface area contributed by atoms with Gasteiger partial charge in [0.25, 0.3) is 0 Å². The van der Waals surface area contributed by atoms with Crippen molar-refractivity contribution in [3.63, 3.8) is 0 Å². The van der Waals surface area contributed by atoms with Crippen LogP contribution in [-0.2, 0) is 13.6 Å². The van der Waals surface area contributed by atoms with E-state index in [0.717, 1.165) is 17.3 Å². The zero-order chi connectivity index (χ0) is 12.3. The molecule has 0 saturated heterocycles. The van der Waals surface area contributed by atoms with Crippen molar-refractivity contribution in [2.24, 2.45) is 7.05 Å². The molecule has 3 N–H and O–H groups in total. The summed E-state index contributed by atoms with van der Waals surface area (Å²) in [6.07, 6.45) is 1.69. The predicted molar refractivity (Wildman–Crippen MR) is 65.7 cm³/mol. The first-order chi connectivity index (χ1) is 8.19. The first kappa shape index (κ1) is 11.3. The molecule has 0 aliphatic heterocycles. The molecule has 2 aromatic heterocycles. The number of nitrogens with zero attached hydrogens (tertiary/aromatic N) is 3. The van der Waals surface area contributed by atoms with E-state index in [9.17, 15) is 0 Å². The number of hydrogen-bond acceptors (Lipinski definition) is 5. The average molecular weight is 233 g/mol. The van der Waals surface area contributed by atoms with Crippen molar-refractivity contribution in [1.82, 2.24) is 14.8 Å². The molecule has 2 heterocycles. The number of nitrogens with two attached hydrogens (primary N) is 1. The van der Waals surface area contributed by atoms with Crippen LogP contribution in [0.2, 0.25) is 0 Å². The fraction of sp³-hybridized carbons (Fsp3) is 0.273. The van der Waals surface area contributed by atoms with Crippen LogP contribution in [0.1, 0.15) is 5.69 Å². The van der Waals surface area contributed by atoms with Gasteiger partial charge in [0.2, 0.25) is 5.88 Å². The Bertz CT molecular complexity index is 491. The highest BCUT2D eigenvalue weighted by atomic mass is 16.5. The van der Waals surface area contributed by atoms with E-state index in [4.69, 9.17) is 10.5 Å². The largest absolute Gasteiger partial charge is 0.481 e. The minimum atomic E-state index is 0.509. The van der Waals surface area contributed by atoms with Gasteiger partial charge < -0.3 is 15.8 Å². The highest BCUT2D eigenvalue weighted by molar-refractivity contribution is 5.45. The highest BCUT2D eigenvalue weighted by Crippen LogP contribution is 2.13. The number of anilines is 2. The molecule has 0 fully saturated rings. The quantitative estimate of drug-likeness (QED) is 0.824. The van der Waals surface area contributed by atoms with Crippen LogP contribution in [0, 0.1) is 0 Å². The number of aromatic nitrogens is 3. The predicted octanol–water partition coefficient (Wildman–Crippen LogP) is 1.02. The smallest absolute Gasteiger partial charge is 0.211 e. The Hall–Kier alpha value is -2.24. The molecule has 2 aromatic rings. The molecule has 2 rings (SSSR count). The molecule has 0 amide bonds. The SMILES string of the molecule is COc1cc(CNc2ccc(N)nc2)nn1C. The zero-order valence-electron chi connectivity index (χ0n) is 9.84. The van der Waals surface area contributed by atoms with Crippen molar-refractivity contribution in [3.05, 3.63) is 30.1 Å². The van der Waals surface area contributed by atoms with Crippen LogP contribution in [0.3, 0.4) is 0 Å². The van der Waals surface area contributed by atoms with Crippen LogP contribution in [0.5, 0.6) is 5.88 Å². The number of aryl methyl sites for hydroxylation is 1. The molecule has 0 aliphatic carbocycles. The van der Waals surface area contributed by atoms with Crippen LogP contribution in [-0.4, -0.2) is 21.9 Å². The van der Waals surface area contributed by atoms with Gasteiger partial charge in [-0.25, -0.2) is 9.67 Å². The minimum absolute atomic E-state index is 0.509. The molecular weight excluding hydrogens is 218 g/mol. The third-order valence-electron chi connectivity index (χ3n) is 2.36. The monoisotopic (exact) mass is 233 g/mol. The van der Waals surface area contributed by atoms with Crippen molar-refractivity contribution in [2.45, 2.75) is 6.54 Å². The maximum Gasteiger partial charge on any atom is 0.211 e. The van der Waals surface area contributed by atoms with Crippen molar-refractivity contribution < 1.29 is 4.74 Å². The lowest BCUT2D eigenvalue weighted by Gasteiger charge is -2.03. The van der Waals surface area contributed by atoms with Crippen molar-refractivity contribution in [1.29, 1.82) is 0 Å². The third kappa shape index (κ3) is 2.66. The molecule has 0 aliphatic rings. The summed E-state index contributed by atoms with van der Waals surface area (Å²) in [5, 5.41) is 7.50. The molecule has 0 radical (unpaired) electrons. The lowest BCUT2D eigenvalue weighted by atomic mass is 10.3. The van der Waals surface area contributed by atoms with Crippen LogP contribution in [0.4, 0.5) is 11.5 Å². The molecule has 0 unspecified atom stereocenters. The summed E-state index contributed by atoms with van der Waals surface area (Å²) < 4.78 is 6.83. The Balaban J connectivity index is 1.99. The summed E-state index contributed by atoms with van der Waals surface area (Å²) in [4.78, 5) is 4.00. The van der Waals surface area contributed by atoms with Crippen molar-refractivity contribution in [3.8, 4) is 5.88 Å². The van der Waals surface area contributed by atoms with E-state index in [0.29, 0.717) is 12.4 Å². The third-order valence-corrected chi connectivity index (χ3v) is 2.36. The van der Waals surface area contributed by atoms with Gasteiger partial charge in [0.05, 0.1) is 31.2 Å². The van der Waals surface area contributed by atoms with Gasteiger partial charge in [-0.1, -0.05) is 0 Å². The van der Waals surface area contributed by atoms with Crippen LogP contribution < -0.4 is 15.8 Å². The second-order valence-electron chi connectivity index (χ2n) is 3.63. The average Bonchev–Trinajstić information content (AvgIpc) is 2.69. The summed E-state index contributed by atoms with van der Waals surface area (Å²) >= 11 is 0. The van der Waals surface area contributed by atoms with Gasteiger partial charge >= 0.3 is 0 Å². The Labute approximate surface area is 99.4 Å². The van der Waals surface area contributed by atoms with Gasteiger partial charge in [-0.05, 0) is 12.1 Å². The summed E-state index contributed by atoms with van der Waals surface area (Å²) in [7, 11) is 3.46. The fourth-order valence-corrected chi connectivity index (χ4v) is 1.49. The van der Waals surface area contributed by atoms with E-state index in [1.807, 2.05) is 19.2 Å². The minimum Gasteiger partial charge on any atom is -0.481 e. The fourth-order valence-electron chi connectivity index (χ4n) is 1.49. The number of nitrogen functional groups attached to an aromatic ring is 1. The Morgan fingerprint density at radius 1 is 1.47 bits per heavy atom. The van der Waals surface area contributed by atoms with E-state index >= 15 is 0 Å². The van der Waals surface area contributed by atoms with Crippen molar-refractivity contribution in [2.75, 3.05) is 18.2 Å². The summed E-state index contributed by atoms with van der Waals surface area (Å²) in [6.45, 7) is 0.614. The second kappa shape index (κ2) is 4.73. The van der Waals surface area contributed by atoms with Gasteiger partial charge in [0.15, 0.2) is 0 Å². The maximum absolute atomic E-state index is 5.50. The number of rotatable bonds is 4. The highest BCUT2D eigenvalue weighted by Gasteiger charge is 2.04. The number of hydrogen-bond donors (Lipinski definition) is 2. The van der Waals surface area contributed by atoms with Gasteiger partial charge in [-0.3, -0.25) is 0 Å². The lowest BCUT2D eigenvalue weighted by molar-refractivity contribution is 0.373. The van der Waals surface area contributed by atoms with Crippen molar-refractivity contribution >= 4 is 11.5 Å². The number of ether oxygens (including phenoxy) is 1. The Morgan fingerprint density at radius 3 is 2.88 bits per heavy atom. The summed E-state index contributed by atoms with van der Waals surface area (Å²) in [6, 6.07) is 5.52. The van der Waals surface area contributed by atoms with Gasteiger partial charge in [0.1, 0.15) is 5.82 Å². The van der Waals surface area contributed by atoms with Crippen LogP contribution >= 0.6 is 0 Å². The first-order valence-electron chi connectivity index (χ1n) is 5.21. The molecule has 17 heavy (non-hydrogen) atoms. The lowest BCUT2D eigenvalue weighted by Crippen LogP contribution is -2.02. The molecule has 90 valence electrons. The Morgan fingerprint density at radius 2 is 2.29 bits per heavy atom. The molecule has 0 spiro atoms.